The quantitative estimate of drug-likeness (QED) is 0.739. The average Bonchev–Trinajstić information content (AvgIpc) is 3.17. The van der Waals surface area contributed by atoms with E-state index in [1.54, 1.807) is 0 Å². The standard InChI is InChI=1S/C21H20ClN3O/c1-13-11-14(2)25(24-13)18-7-3-15(4-8-18)21(26)23-20-10-5-16-12-17(22)6-9-19(16)20/h3-4,6-9,11-12,20H,5,10H2,1-2H3,(H,23,26). The van der Waals surface area contributed by atoms with Crippen molar-refractivity contribution < 1.29 is 4.79 Å². The summed E-state index contributed by atoms with van der Waals surface area (Å²) in [6.07, 6.45) is 1.85. The zero-order valence-electron chi connectivity index (χ0n) is 14.8. The first-order valence-corrected chi connectivity index (χ1v) is 9.12. The number of carbonyl (C=O) groups excluding carboxylic acids is 1. The lowest BCUT2D eigenvalue weighted by Crippen LogP contribution is -2.27. The van der Waals surface area contributed by atoms with Crippen molar-refractivity contribution in [3.05, 3.63) is 81.6 Å². The average molecular weight is 366 g/mol. The van der Waals surface area contributed by atoms with Crippen LogP contribution >= 0.6 is 11.6 Å². The molecule has 0 radical (unpaired) electrons. The normalized spacial score (nSPS) is 15.7. The second-order valence-electron chi connectivity index (χ2n) is 6.79. The van der Waals surface area contributed by atoms with Gasteiger partial charge in [-0.2, -0.15) is 5.10 Å². The topological polar surface area (TPSA) is 46.9 Å². The van der Waals surface area contributed by atoms with Crippen molar-refractivity contribution in [1.29, 1.82) is 0 Å². The van der Waals surface area contributed by atoms with Crippen LogP contribution in [0.4, 0.5) is 0 Å². The molecule has 1 N–H and O–H groups in total. The van der Waals surface area contributed by atoms with Crippen LogP contribution in [0.25, 0.3) is 5.69 Å². The predicted molar refractivity (Wildman–Crippen MR) is 103 cm³/mol. The zero-order valence-corrected chi connectivity index (χ0v) is 15.5. The first-order valence-electron chi connectivity index (χ1n) is 8.74. The minimum absolute atomic E-state index is 0.0467. The van der Waals surface area contributed by atoms with Gasteiger partial charge in [-0.05, 0) is 80.3 Å². The molecule has 132 valence electrons. The number of aromatic nitrogens is 2. The van der Waals surface area contributed by atoms with Gasteiger partial charge in [0.25, 0.3) is 5.91 Å². The highest BCUT2D eigenvalue weighted by molar-refractivity contribution is 6.30. The van der Waals surface area contributed by atoms with E-state index in [2.05, 4.69) is 10.4 Å². The maximum Gasteiger partial charge on any atom is 0.251 e. The molecule has 0 saturated heterocycles. The van der Waals surface area contributed by atoms with E-state index in [0.717, 1.165) is 34.9 Å². The van der Waals surface area contributed by atoms with E-state index in [1.807, 2.05) is 67.1 Å². The van der Waals surface area contributed by atoms with Crippen LogP contribution in [0.5, 0.6) is 0 Å². The van der Waals surface area contributed by atoms with Crippen molar-refractivity contribution in [1.82, 2.24) is 15.1 Å². The number of hydrogen-bond acceptors (Lipinski definition) is 2. The molecule has 0 saturated carbocycles. The lowest BCUT2D eigenvalue weighted by Gasteiger charge is -2.14. The summed E-state index contributed by atoms with van der Waals surface area (Å²) >= 11 is 6.06. The Bertz CT molecular complexity index is 975. The van der Waals surface area contributed by atoms with Gasteiger partial charge >= 0.3 is 0 Å². The van der Waals surface area contributed by atoms with Crippen molar-refractivity contribution in [2.24, 2.45) is 0 Å². The summed E-state index contributed by atoms with van der Waals surface area (Å²) in [4.78, 5) is 12.6. The fourth-order valence-corrected chi connectivity index (χ4v) is 3.82. The third-order valence-corrected chi connectivity index (χ3v) is 5.11. The summed E-state index contributed by atoms with van der Waals surface area (Å²) in [6, 6.07) is 15.5. The highest BCUT2D eigenvalue weighted by atomic mass is 35.5. The van der Waals surface area contributed by atoms with E-state index in [-0.39, 0.29) is 11.9 Å². The van der Waals surface area contributed by atoms with Gasteiger partial charge in [-0.1, -0.05) is 17.7 Å². The predicted octanol–water partition coefficient (Wildman–Crippen LogP) is 4.56. The number of benzene rings is 2. The molecule has 2 aromatic carbocycles. The van der Waals surface area contributed by atoms with Crippen LogP contribution in [0.1, 0.15) is 45.3 Å². The molecular weight excluding hydrogens is 346 g/mol. The number of amides is 1. The summed E-state index contributed by atoms with van der Waals surface area (Å²) in [6.45, 7) is 3.99. The van der Waals surface area contributed by atoms with E-state index >= 15 is 0 Å². The largest absolute Gasteiger partial charge is 0.345 e. The molecule has 1 aliphatic rings. The Morgan fingerprint density at radius 1 is 1.15 bits per heavy atom. The highest BCUT2D eigenvalue weighted by Crippen LogP contribution is 2.33. The Morgan fingerprint density at radius 3 is 2.62 bits per heavy atom. The lowest BCUT2D eigenvalue weighted by molar-refractivity contribution is 0.0936. The van der Waals surface area contributed by atoms with Gasteiger partial charge in [0.05, 0.1) is 17.4 Å². The Labute approximate surface area is 157 Å². The first kappa shape index (κ1) is 16.9. The lowest BCUT2D eigenvalue weighted by atomic mass is 10.1. The summed E-state index contributed by atoms with van der Waals surface area (Å²) < 4.78 is 1.88. The summed E-state index contributed by atoms with van der Waals surface area (Å²) in [5, 5.41) is 8.36. The van der Waals surface area contributed by atoms with E-state index < -0.39 is 0 Å². The third kappa shape index (κ3) is 3.13. The number of fused-ring (bicyclic) bond motifs is 1. The molecule has 0 bridgehead atoms. The van der Waals surface area contributed by atoms with Crippen molar-refractivity contribution in [3.8, 4) is 5.69 Å². The Kier molecular flexibility index (Phi) is 4.29. The Balaban J connectivity index is 1.50. The highest BCUT2D eigenvalue weighted by Gasteiger charge is 2.24. The van der Waals surface area contributed by atoms with Gasteiger partial charge in [0.2, 0.25) is 0 Å². The second-order valence-corrected chi connectivity index (χ2v) is 7.23. The van der Waals surface area contributed by atoms with Crippen molar-refractivity contribution in [3.63, 3.8) is 0 Å². The van der Waals surface area contributed by atoms with Crippen LogP contribution in [-0.2, 0) is 6.42 Å². The Morgan fingerprint density at radius 2 is 1.92 bits per heavy atom. The number of halogens is 1. The van der Waals surface area contributed by atoms with Crippen molar-refractivity contribution >= 4 is 17.5 Å². The molecule has 1 unspecified atom stereocenters. The van der Waals surface area contributed by atoms with E-state index in [9.17, 15) is 4.79 Å². The molecule has 1 atom stereocenters. The van der Waals surface area contributed by atoms with Crippen LogP contribution in [-0.4, -0.2) is 15.7 Å². The molecule has 1 amide bonds. The second kappa shape index (κ2) is 6.61. The van der Waals surface area contributed by atoms with E-state index in [1.165, 1.54) is 11.1 Å². The minimum Gasteiger partial charge on any atom is -0.345 e. The monoisotopic (exact) mass is 365 g/mol. The maximum absolute atomic E-state index is 12.6. The summed E-state index contributed by atoms with van der Waals surface area (Å²) in [5.41, 5.74) is 6.04. The molecule has 0 fully saturated rings. The Hall–Kier alpha value is -2.59. The smallest absolute Gasteiger partial charge is 0.251 e. The van der Waals surface area contributed by atoms with Gasteiger partial charge in [-0.3, -0.25) is 4.79 Å². The zero-order chi connectivity index (χ0) is 18.3. The number of aryl methyl sites for hydroxylation is 3. The van der Waals surface area contributed by atoms with Crippen molar-refractivity contribution in [2.75, 3.05) is 0 Å². The van der Waals surface area contributed by atoms with E-state index in [0.29, 0.717) is 5.56 Å². The number of carbonyl (C=O) groups is 1. The molecule has 1 aromatic heterocycles. The molecule has 4 nitrogen and oxygen atoms in total. The summed E-state index contributed by atoms with van der Waals surface area (Å²) in [5.74, 6) is -0.0577. The van der Waals surface area contributed by atoms with Crippen LogP contribution in [0, 0.1) is 13.8 Å². The fraction of sp³-hybridized carbons (Fsp3) is 0.238. The SMILES string of the molecule is Cc1cc(C)n(-c2ccc(C(=O)NC3CCc4cc(Cl)ccc43)cc2)n1. The number of hydrogen-bond donors (Lipinski definition) is 1. The first-order chi connectivity index (χ1) is 12.5. The number of rotatable bonds is 3. The maximum atomic E-state index is 12.6. The van der Waals surface area contributed by atoms with Gasteiger partial charge in [-0.25, -0.2) is 4.68 Å². The van der Waals surface area contributed by atoms with Gasteiger partial charge in [-0.15, -0.1) is 0 Å². The molecule has 0 aliphatic heterocycles. The molecule has 1 heterocycles. The van der Waals surface area contributed by atoms with Crippen LogP contribution in [0.15, 0.2) is 48.5 Å². The molecule has 0 spiro atoms. The van der Waals surface area contributed by atoms with Gasteiger partial charge in [0, 0.05) is 16.3 Å². The third-order valence-electron chi connectivity index (χ3n) is 4.87. The number of nitrogens with zero attached hydrogens (tertiary/aromatic N) is 2. The van der Waals surface area contributed by atoms with Crippen LogP contribution in [0.2, 0.25) is 5.02 Å². The molecule has 4 rings (SSSR count). The fourth-order valence-electron chi connectivity index (χ4n) is 3.62. The summed E-state index contributed by atoms with van der Waals surface area (Å²) in [7, 11) is 0. The van der Waals surface area contributed by atoms with Gasteiger partial charge in [0.1, 0.15) is 0 Å². The minimum atomic E-state index is -0.0577. The van der Waals surface area contributed by atoms with E-state index in [4.69, 9.17) is 11.6 Å². The molecule has 1 aliphatic carbocycles. The van der Waals surface area contributed by atoms with Gasteiger partial charge in [0.15, 0.2) is 0 Å². The van der Waals surface area contributed by atoms with Crippen LogP contribution in [0.3, 0.4) is 0 Å². The number of nitrogens with one attached hydrogen (secondary N) is 1. The molecule has 26 heavy (non-hydrogen) atoms. The van der Waals surface area contributed by atoms with Gasteiger partial charge < -0.3 is 5.32 Å². The molecule has 5 heteroatoms. The molecule has 3 aromatic rings. The van der Waals surface area contributed by atoms with Crippen LogP contribution < -0.4 is 5.32 Å². The van der Waals surface area contributed by atoms with Crippen molar-refractivity contribution in [2.45, 2.75) is 32.7 Å². The molecular formula is C21H20ClN3O.